The number of carbonyl (C=O) groups excluding carboxylic acids is 1. The van der Waals surface area contributed by atoms with Crippen LogP contribution in [0.4, 0.5) is 23.7 Å². The Hall–Kier alpha value is -3.07. The molecule has 158 valence electrons. The van der Waals surface area contributed by atoms with Crippen LogP contribution in [0.25, 0.3) is 0 Å². The Bertz CT molecular complexity index is 941. The van der Waals surface area contributed by atoms with Crippen LogP contribution in [0.3, 0.4) is 0 Å². The van der Waals surface area contributed by atoms with E-state index in [1.165, 1.54) is 17.0 Å². The van der Waals surface area contributed by atoms with E-state index >= 15 is 0 Å². The molecule has 0 spiro atoms. The fraction of sp³-hybridized carbons (Fsp3) is 0.333. The number of hydrogen-bond donors (Lipinski definition) is 1. The number of amides is 2. The first-order valence-electron chi connectivity index (χ1n) is 9.55. The number of anilines is 1. The molecule has 2 amide bonds. The van der Waals surface area contributed by atoms with Crippen molar-refractivity contribution < 1.29 is 22.7 Å². The number of para-hydroxylation sites is 1. The molecule has 1 atom stereocenters. The number of aryl methyl sites for hydroxylation is 1. The van der Waals surface area contributed by atoms with Crippen LogP contribution in [-0.2, 0) is 10.4 Å². The van der Waals surface area contributed by atoms with E-state index in [1.54, 1.807) is 54.3 Å². The zero-order valence-corrected chi connectivity index (χ0v) is 16.3. The van der Waals surface area contributed by atoms with Crippen LogP contribution in [0.1, 0.15) is 11.1 Å². The molecule has 2 heterocycles. The third-order valence-electron chi connectivity index (χ3n) is 5.15. The van der Waals surface area contributed by atoms with Gasteiger partial charge in [0.15, 0.2) is 0 Å². The number of urea groups is 1. The molecule has 1 saturated heterocycles. The number of nitrogens with one attached hydrogen (secondary N) is 1. The van der Waals surface area contributed by atoms with Gasteiger partial charge in [-0.15, -0.1) is 0 Å². The number of hydrogen-bond acceptors (Lipinski definition) is 4. The normalized spacial score (nSPS) is 22.5. The summed E-state index contributed by atoms with van der Waals surface area (Å²) in [4.78, 5) is 20.1. The highest BCUT2D eigenvalue weighted by molar-refractivity contribution is 6.17. The third kappa shape index (κ3) is 3.49. The van der Waals surface area contributed by atoms with E-state index in [0.717, 1.165) is 5.56 Å². The molecular formula is C21H21F3N4O2. The van der Waals surface area contributed by atoms with Gasteiger partial charge in [0.25, 0.3) is 5.66 Å². The molecule has 30 heavy (non-hydrogen) atoms. The number of nitrogens with zero attached hydrogens (tertiary/aromatic N) is 3. The Morgan fingerprint density at radius 2 is 1.67 bits per heavy atom. The summed E-state index contributed by atoms with van der Waals surface area (Å²) in [6, 6.07) is 13.5. The molecule has 9 heteroatoms. The summed E-state index contributed by atoms with van der Waals surface area (Å²) in [5, 5.41) is 2.14. The molecule has 1 N–H and O–H groups in total. The molecule has 4 rings (SSSR count). The van der Waals surface area contributed by atoms with E-state index in [-0.39, 0.29) is 11.5 Å². The van der Waals surface area contributed by atoms with Crippen LogP contribution in [0.2, 0.25) is 0 Å². The zero-order chi connectivity index (χ0) is 21.4. The number of benzene rings is 2. The molecule has 0 bridgehead atoms. The van der Waals surface area contributed by atoms with Crippen LogP contribution in [0.5, 0.6) is 0 Å². The van der Waals surface area contributed by atoms with Crippen molar-refractivity contribution in [2.24, 2.45) is 4.99 Å². The minimum atomic E-state index is -4.85. The molecule has 2 aliphatic rings. The first-order valence-corrected chi connectivity index (χ1v) is 9.55. The lowest BCUT2D eigenvalue weighted by molar-refractivity contribution is -0.195. The molecule has 1 fully saturated rings. The lowest BCUT2D eigenvalue weighted by atomic mass is 9.97. The van der Waals surface area contributed by atoms with Gasteiger partial charge in [-0.3, -0.25) is 0 Å². The SMILES string of the molecule is Cc1ccc([C@@]2(C(F)(F)F)N=C(N3CCOCC3)N(c3ccccc3)C(=O)N2)cc1. The van der Waals surface area contributed by atoms with Crippen molar-refractivity contribution in [3.8, 4) is 0 Å². The quantitative estimate of drug-likeness (QED) is 0.811. The van der Waals surface area contributed by atoms with Crippen molar-refractivity contribution in [3.05, 3.63) is 65.7 Å². The van der Waals surface area contributed by atoms with Gasteiger partial charge in [0, 0.05) is 18.7 Å². The maximum atomic E-state index is 14.4. The average molecular weight is 418 g/mol. The van der Waals surface area contributed by atoms with Crippen molar-refractivity contribution in [1.82, 2.24) is 10.2 Å². The van der Waals surface area contributed by atoms with Gasteiger partial charge in [-0.05, 0) is 19.1 Å². The number of halogens is 3. The van der Waals surface area contributed by atoms with Crippen molar-refractivity contribution in [2.45, 2.75) is 18.8 Å². The monoisotopic (exact) mass is 418 g/mol. The fourth-order valence-corrected chi connectivity index (χ4v) is 3.54. The molecule has 0 aliphatic carbocycles. The van der Waals surface area contributed by atoms with E-state index in [4.69, 9.17) is 4.74 Å². The Balaban J connectivity index is 1.91. The van der Waals surface area contributed by atoms with E-state index in [2.05, 4.69) is 10.3 Å². The van der Waals surface area contributed by atoms with Crippen LogP contribution >= 0.6 is 0 Å². The maximum absolute atomic E-state index is 14.4. The predicted molar refractivity (Wildman–Crippen MR) is 106 cm³/mol. The summed E-state index contributed by atoms with van der Waals surface area (Å²) in [5.74, 6) is -0.0499. The number of carbonyl (C=O) groups is 1. The third-order valence-corrected chi connectivity index (χ3v) is 5.15. The highest BCUT2D eigenvalue weighted by Gasteiger charge is 2.61. The van der Waals surface area contributed by atoms with Crippen LogP contribution in [-0.4, -0.2) is 49.4 Å². The second-order valence-corrected chi connectivity index (χ2v) is 7.19. The van der Waals surface area contributed by atoms with E-state index < -0.39 is 17.9 Å². The van der Waals surface area contributed by atoms with Crippen LogP contribution < -0.4 is 10.2 Å². The van der Waals surface area contributed by atoms with Gasteiger partial charge in [0.2, 0.25) is 5.96 Å². The molecule has 2 aliphatic heterocycles. The molecular weight excluding hydrogens is 397 g/mol. The van der Waals surface area contributed by atoms with Gasteiger partial charge in [-0.2, -0.15) is 13.2 Å². The average Bonchev–Trinajstić information content (AvgIpc) is 2.74. The topological polar surface area (TPSA) is 57.2 Å². The van der Waals surface area contributed by atoms with Crippen molar-refractivity contribution in [1.29, 1.82) is 0 Å². The molecule has 6 nitrogen and oxygen atoms in total. The van der Waals surface area contributed by atoms with Gasteiger partial charge >= 0.3 is 12.2 Å². The Morgan fingerprint density at radius 1 is 1.03 bits per heavy atom. The van der Waals surface area contributed by atoms with Gasteiger partial charge in [-0.25, -0.2) is 14.7 Å². The van der Waals surface area contributed by atoms with Crippen molar-refractivity contribution in [3.63, 3.8) is 0 Å². The number of aliphatic imine (C=N–C) groups is 1. The number of alkyl halides is 3. The summed E-state index contributed by atoms with van der Waals surface area (Å²) in [5.41, 5.74) is -1.79. The lowest BCUT2D eigenvalue weighted by Crippen LogP contribution is -2.66. The largest absolute Gasteiger partial charge is 0.437 e. The van der Waals surface area contributed by atoms with Crippen LogP contribution in [0, 0.1) is 6.92 Å². The minimum absolute atomic E-state index is 0.0499. The summed E-state index contributed by atoms with van der Waals surface area (Å²) in [6.45, 7) is 3.12. The first kappa shape index (κ1) is 20.2. The summed E-state index contributed by atoms with van der Waals surface area (Å²) >= 11 is 0. The van der Waals surface area contributed by atoms with E-state index in [0.29, 0.717) is 32.0 Å². The smallest absolute Gasteiger partial charge is 0.378 e. The Labute approximate surface area is 171 Å². The number of ether oxygens (including phenoxy) is 1. The van der Waals surface area contributed by atoms with Crippen LogP contribution in [0.15, 0.2) is 59.6 Å². The fourth-order valence-electron chi connectivity index (χ4n) is 3.54. The molecule has 0 aromatic heterocycles. The highest BCUT2D eigenvalue weighted by atomic mass is 19.4. The number of morpholine rings is 1. The van der Waals surface area contributed by atoms with Crippen molar-refractivity contribution >= 4 is 17.7 Å². The summed E-state index contributed by atoms with van der Waals surface area (Å²) in [6.07, 6.45) is -4.85. The van der Waals surface area contributed by atoms with Crippen molar-refractivity contribution in [2.75, 3.05) is 31.2 Å². The second kappa shape index (κ2) is 7.64. The Morgan fingerprint density at radius 3 is 2.27 bits per heavy atom. The standard InChI is InChI=1S/C21H21F3N4O2/c1-15-7-9-16(10-8-15)20(21(22,23)24)25-18(27-11-13-30-14-12-27)28(19(29)26-20)17-5-3-2-4-6-17/h2-10H,11-14H2,1H3,(H,26,29)/t20-/m1/s1. The predicted octanol–water partition coefficient (Wildman–Crippen LogP) is 3.63. The highest BCUT2D eigenvalue weighted by Crippen LogP contribution is 2.43. The summed E-state index contributed by atoms with van der Waals surface area (Å²) < 4.78 is 48.7. The van der Waals surface area contributed by atoms with Gasteiger partial charge in [-0.1, -0.05) is 48.0 Å². The molecule has 2 aromatic carbocycles. The Kier molecular flexibility index (Phi) is 5.15. The summed E-state index contributed by atoms with van der Waals surface area (Å²) in [7, 11) is 0. The minimum Gasteiger partial charge on any atom is -0.378 e. The first-order chi connectivity index (χ1) is 14.3. The number of guanidine groups is 1. The lowest BCUT2D eigenvalue weighted by Gasteiger charge is -2.44. The molecule has 0 unspecified atom stereocenters. The number of rotatable bonds is 2. The maximum Gasteiger partial charge on any atom is 0.437 e. The van der Waals surface area contributed by atoms with E-state index in [9.17, 15) is 18.0 Å². The second-order valence-electron chi connectivity index (χ2n) is 7.19. The van der Waals surface area contributed by atoms with Gasteiger partial charge in [0.1, 0.15) is 0 Å². The molecule has 0 saturated carbocycles. The van der Waals surface area contributed by atoms with Gasteiger partial charge < -0.3 is 15.0 Å². The zero-order valence-electron chi connectivity index (χ0n) is 16.3. The van der Waals surface area contributed by atoms with E-state index in [1.807, 2.05) is 0 Å². The molecule has 2 aromatic rings. The van der Waals surface area contributed by atoms with Gasteiger partial charge in [0.05, 0.1) is 18.9 Å². The molecule has 0 radical (unpaired) electrons.